The van der Waals surface area contributed by atoms with Crippen molar-refractivity contribution in [2.24, 2.45) is 5.92 Å². The Morgan fingerprint density at radius 3 is 2.69 bits per heavy atom. The van der Waals surface area contributed by atoms with Crippen LogP contribution < -0.4 is 0 Å². The smallest absolute Gasteiger partial charge is 0.203 e. The van der Waals surface area contributed by atoms with Gasteiger partial charge in [0.25, 0.3) is 0 Å². The summed E-state index contributed by atoms with van der Waals surface area (Å²) in [6, 6.07) is 4.23. The summed E-state index contributed by atoms with van der Waals surface area (Å²) in [5.41, 5.74) is 0.563. The highest BCUT2D eigenvalue weighted by Gasteiger charge is 2.32. The normalized spacial score (nSPS) is 19.0. The van der Waals surface area contributed by atoms with Crippen molar-refractivity contribution >= 4 is 15.9 Å². The summed E-state index contributed by atoms with van der Waals surface area (Å²) >= 11 is 0. The first-order valence-electron chi connectivity index (χ1n) is 4.87. The standard InChI is InChI=1S/C11H12O4S/c1-7(6-12)10-4-8-2-3-9(13)5-11(8)16(10,14)15/h2-5,7,12-13H,6H2,1H3. The predicted octanol–water partition coefficient (Wildman–Crippen LogP) is 1.15. The van der Waals surface area contributed by atoms with Crippen molar-refractivity contribution < 1.29 is 18.6 Å². The van der Waals surface area contributed by atoms with Gasteiger partial charge in [0.2, 0.25) is 9.84 Å². The largest absolute Gasteiger partial charge is 0.508 e. The molecular formula is C11H12O4S. The van der Waals surface area contributed by atoms with Crippen LogP contribution in [0.1, 0.15) is 12.5 Å². The molecule has 1 atom stereocenters. The van der Waals surface area contributed by atoms with Gasteiger partial charge in [-0.15, -0.1) is 0 Å². The van der Waals surface area contributed by atoms with Crippen LogP contribution in [0.5, 0.6) is 5.75 Å². The van der Waals surface area contributed by atoms with Crippen molar-refractivity contribution in [2.75, 3.05) is 6.61 Å². The zero-order chi connectivity index (χ0) is 11.9. The molecule has 1 unspecified atom stereocenters. The van der Waals surface area contributed by atoms with Crippen molar-refractivity contribution in [2.45, 2.75) is 11.8 Å². The molecule has 0 bridgehead atoms. The number of benzene rings is 1. The van der Waals surface area contributed by atoms with Gasteiger partial charge in [0.1, 0.15) is 5.75 Å². The number of phenols is 1. The number of sulfone groups is 1. The Balaban J connectivity index is 2.60. The van der Waals surface area contributed by atoms with Gasteiger partial charge in [-0.2, -0.15) is 0 Å². The first-order valence-corrected chi connectivity index (χ1v) is 6.35. The van der Waals surface area contributed by atoms with Crippen molar-refractivity contribution in [3.05, 3.63) is 28.7 Å². The van der Waals surface area contributed by atoms with Gasteiger partial charge in [0.15, 0.2) is 0 Å². The van der Waals surface area contributed by atoms with Gasteiger partial charge in [-0.3, -0.25) is 0 Å². The molecule has 16 heavy (non-hydrogen) atoms. The Labute approximate surface area is 93.8 Å². The summed E-state index contributed by atoms with van der Waals surface area (Å²) in [6.07, 6.45) is 1.55. The second-order valence-electron chi connectivity index (χ2n) is 3.86. The molecule has 0 aromatic heterocycles. The third-order valence-corrected chi connectivity index (χ3v) is 4.73. The number of aliphatic hydroxyl groups is 1. The van der Waals surface area contributed by atoms with Crippen LogP contribution in [0.15, 0.2) is 28.0 Å². The molecule has 0 amide bonds. The van der Waals surface area contributed by atoms with E-state index in [1.165, 1.54) is 12.1 Å². The lowest BCUT2D eigenvalue weighted by atomic mass is 10.1. The molecular weight excluding hydrogens is 228 g/mol. The molecule has 86 valence electrons. The number of phenolic OH excluding ortho intramolecular Hbond substituents is 1. The zero-order valence-electron chi connectivity index (χ0n) is 8.71. The number of hydrogen-bond donors (Lipinski definition) is 2. The molecule has 1 aliphatic heterocycles. The summed E-state index contributed by atoms with van der Waals surface area (Å²) in [7, 11) is -3.54. The maximum atomic E-state index is 12.0. The van der Waals surface area contributed by atoms with Gasteiger partial charge in [-0.1, -0.05) is 6.92 Å². The van der Waals surface area contributed by atoms with Crippen molar-refractivity contribution in [3.8, 4) is 5.75 Å². The summed E-state index contributed by atoms with van der Waals surface area (Å²) in [6.45, 7) is 1.43. The summed E-state index contributed by atoms with van der Waals surface area (Å²) in [5, 5.41) is 18.3. The zero-order valence-corrected chi connectivity index (χ0v) is 9.53. The highest BCUT2D eigenvalue weighted by Crippen LogP contribution is 2.37. The minimum atomic E-state index is -3.54. The third-order valence-electron chi connectivity index (χ3n) is 2.65. The third kappa shape index (κ3) is 1.52. The number of hydrogen-bond acceptors (Lipinski definition) is 4. The van der Waals surface area contributed by atoms with Crippen LogP contribution in [0.25, 0.3) is 6.08 Å². The van der Waals surface area contributed by atoms with Gasteiger partial charge in [0, 0.05) is 5.92 Å². The Morgan fingerprint density at radius 2 is 2.06 bits per heavy atom. The van der Waals surface area contributed by atoms with Gasteiger partial charge in [-0.25, -0.2) is 8.42 Å². The fourth-order valence-corrected chi connectivity index (χ4v) is 3.58. The van der Waals surface area contributed by atoms with E-state index in [-0.39, 0.29) is 22.2 Å². The lowest BCUT2D eigenvalue weighted by Crippen LogP contribution is -2.11. The number of fused-ring (bicyclic) bond motifs is 1. The molecule has 2 N–H and O–H groups in total. The number of aromatic hydroxyl groups is 1. The molecule has 2 rings (SSSR count). The molecule has 0 saturated heterocycles. The molecule has 0 spiro atoms. The monoisotopic (exact) mass is 240 g/mol. The SMILES string of the molecule is CC(CO)C1=Cc2ccc(O)cc2S1(=O)=O. The second kappa shape index (κ2) is 3.61. The van der Waals surface area contributed by atoms with E-state index in [2.05, 4.69) is 0 Å². The highest BCUT2D eigenvalue weighted by atomic mass is 32.2. The van der Waals surface area contributed by atoms with Gasteiger partial charge in [0.05, 0.1) is 16.4 Å². The summed E-state index contributed by atoms with van der Waals surface area (Å²) in [5.74, 6) is -0.506. The number of rotatable bonds is 2. The highest BCUT2D eigenvalue weighted by molar-refractivity contribution is 7.95. The Morgan fingerprint density at radius 1 is 1.38 bits per heavy atom. The van der Waals surface area contributed by atoms with E-state index in [1.807, 2.05) is 0 Å². The minimum absolute atomic E-state index is 0.0753. The summed E-state index contributed by atoms with van der Waals surface area (Å²) in [4.78, 5) is 0.318. The maximum absolute atomic E-state index is 12.0. The fourth-order valence-electron chi connectivity index (χ4n) is 1.73. The van der Waals surface area contributed by atoms with E-state index in [1.54, 1.807) is 19.1 Å². The van der Waals surface area contributed by atoms with Crippen LogP contribution in [0.2, 0.25) is 0 Å². The Hall–Kier alpha value is -1.33. The van der Waals surface area contributed by atoms with Crippen molar-refractivity contribution in [1.82, 2.24) is 0 Å². The van der Waals surface area contributed by atoms with E-state index in [4.69, 9.17) is 5.11 Å². The topological polar surface area (TPSA) is 74.6 Å². The average Bonchev–Trinajstić information content (AvgIpc) is 2.50. The summed E-state index contributed by atoms with van der Waals surface area (Å²) < 4.78 is 24.1. The molecule has 0 fully saturated rings. The molecule has 1 aliphatic rings. The Kier molecular flexibility index (Phi) is 2.52. The van der Waals surface area contributed by atoms with E-state index >= 15 is 0 Å². The van der Waals surface area contributed by atoms with Gasteiger partial charge in [-0.05, 0) is 29.8 Å². The molecule has 1 aromatic carbocycles. The molecule has 0 radical (unpaired) electrons. The average molecular weight is 240 g/mol. The van der Waals surface area contributed by atoms with Crippen LogP contribution in [-0.4, -0.2) is 25.2 Å². The van der Waals surface area contributed by atoms with Crippen LogP contribution >= 0.6 is 0 Å². The van der Waals surface area contributed by atoms with Gasteiger partial charge >= 0.3 is 0 Å². The number of aliphatic hydroxyl groups excluding tert-OH is 1. The van der Waals surface area contributed by atoms with E-state index in [0.29, 0.717) is 5.56 Å². The molecule has 1 heterocycles. The molecule has 0 saturated carbocycles. The van der Waals surface area contributed by atoms with E-state index in [9.17, 15) is 13.5 Å². The maximum Gasteiger partial charge on any atom is 0.203 e. The first-order chi connectivity index (χ1) is 7.46. The fraction of sp³-hybridized carbons (Fsp3) is 0.273. The van der Waals surface area contributed by atoms with Crippen LogP contribution in [-0.2, 0) is 9.84 Å². The molecule has 1 aromatic rings. The lowest BCUT2D eigenvalue weighted by molar-refractivity contribution is 0.260. The molecule has 4 nitrogen and oxygen atoms in total. The lowest BCUT2D eigenvalue weighted by Gasteiger charge is -2.09. The van der Waals surface area contributed by atoms with Crippen LogP contribution in [0.4, 0.5) is 0 Å². The molecule has 5 heteroatoms. The van der Waals surface area contributed by atoms with Crippen molar-refractivity contribution in [1.29, 1.82) is 0 Å². The minimum Gasteiger partial charge on any atom is -0.508 e. The Bertz CT molecular complexity index is 557. The predicted molar refractivity (Wildman–Crippen MR) is 59.5 cm³/mol. The first kappa shape index (κ1) is 11.2. The van der Waals surface area contributed by atoms with Crippen LogP contribution in [0.3, 0.4) is 0 Å². The molecule has 0 aliphatic carbocycles. The van der Waals surface area contributed by atoms with Crippen LogP contribution in [0, 0.1) is 5.92 Å². The van der Waals surface area contributed by atoms with E-state index < -0.39 is 15.8 Å². The van der Waals surface area contributed by atoms with Gasteiger partial charge < -0.3 is 10.2 Å². The van der Waals surface area contributed by atoms with E-state index in [0.717, 1.165) is 0 Å². The second-order valence-corrected chi connectivity index (χ2v) is 5.77. The quantitative estimate of drug-likeness (QED) is 0.813. The van der Waals surface area contributed by atoms with Crippen molar-refractivity contribution in [3.63, 3.8) is 0 Å².